The lowest BCUT2D eigenvalue weighted by Crippen LogP contribution is -2.35. The Kier molecular flexibility index (Phi) is 10.1. The third-order valence-electron chi connectivity index (χ3n) is 8.58. The fourth-order valence-corrected chi connectivity index (χ4v) is 6.81. The minimum atomic E-state index is -0.789. The van der Waals surface area contributed by atoms with Gasteiger partial charge in [-0.3, -0.25) is 9.78 Å². The Hall–Kier alpha value is -3.99. The summed E-state index contributed by atoms with van der Waals surface area (Å²) >= 11 is 14.2. The van der Waals surface area contributed by atoms with Gasteiger partial charge in [-0.2, -0.15) is 0 Å². The molecule has 1 aliphatic rings. The Morgan fingerprint density at radius 3 is 2.54 bits per heavy atom. The van der Waals surface area contributed by atoms with Crippen LogP contribution in [-0.4, -0.2) is 57.4 Å². The molecule has 9 nitrogen and oxygen atoms in total. The standard InChI is InChI=1S/C37H40Cl2N6O3/c1-37(2,47)21-41-18-24-20-45(3)36-26(24)11-12-30(44-36)29-7-5-6-27(33(29)38)28-14-15-42-35(34(28)39)22-8-9-23(31(16-22)48-4)17-40-19-25-10-13-32(46)43-25/h5-9,11-12,14-16,20,25,40-41,47H,10,13,17-19,21H2,1-4H3,(H,43,46). The SMILES string of the molecule is COc1cc(-c2nccc(-c3cccc(-c4ccc5c(CNCC(C)(C)O)cn(C)c5n4)c3Cl)c2Cl)ccc1CNCC1CCC(=O)N1. The number of aliphatic hydroxyl groups is 1. The number of benzene rings is 2. The fourth-order valence-electron chi connectivity index (χ4n) is 6.17. The summed E-state index contributed by atoms with van der Waals surface area (Å²) in [6, 6.07) is 17.9. The lowest BCUT2D eigenvalue weighted by molar-refractivity contribution is -0.119. The molecule has 0 aliphatic carbocycles. The molecular formula is C37H40Cl2N6O3. The number of hydrogen-bond donors (Lipinski definition) is 4. The molecule has 1 atom stereocenters. The molecular weight excluding hydrogens is 647 g/mol. The van der Waals surface area contributed by atoms with Crippen molar-refractivity contribution >= 4 is 40.1 Å². The van der Waals surface area contributed by atoms with Gasteiger partial charge in [0.2, 0.25) is 5.91 Å². The van der Waals surface area contributed by atoms with Crippen LogP contribution in [0.1, 0.15) is 37.8 Å². The number of rotatable bonds is 12. The summed E-state index contributed by atoms with van der Waals surface area (Å²) in [4.78, 5) is 21.1. The summed E-state index contributed by atoms with van der Waals surface area (Å²) in [5, 5.41) is 21.9. The van der Waals surface area contributed by atoms with E-state index in [1.807, 2.05) is 60.1 Å². The minimum absolute atomic E-state index is 0.108. The maximum atomic E-state index is 11.5. The Bertz CT molecular complexity index is 1970. The Labute approximate surface area is 290 Å². The van der Waals surface area contributed by atoms with Gasteiger partial charge in [0.25, 0.3) is 0 Å². The number of pyridine rings is 2. The highest BCUT2D eigenvalue weighted by Gasteiger charge is 2.21. The van der Waals surface area contributed by atoms with Crippen molar-refractivity contribution in [3.63, 3.8) is 0 Å². The first-order chi connectivity index (χ1) is 23.0. The second-order valence-electron chi connectivity index (χ2n) is 12.9. The zero-order valence-corrected chi connectivity index (χ0v) is 29.0. The highest BCUT2D eigenvalue weighted by molar-refractivity contribution is 6.39. The van der Waals surface area contributed by atoms with Crippen molar-refractivity contribution in [1.82, 2.24) is 30.5 Å². The first-order valence-corrected chi connectivity index (χ1v) is 16.8. The molecule has 3 aromatic heterocycles. The highest BCUT2D eigenvalue weighted by atomic mass is 35.5. The number of carbonyl (C=O) groups excluding carboxylic acids is 1. The molecule has 0 spiro atoms. The second kappa shape index (κ2) is 14.2. The van der Waals surface area contributed by atoms with E-state index in [0.717, 1.165) is 62.3 Å². The summed E-state index contributed by atoms with van der Waals surface area (Å²) in [6.07, 6.45) is 5.22. The Morgan fingerprint density at radius 2 is 1.79 bits per heavy atom. The van der Waals surface area contributed by atoms with Gasteiger partial charge in [-0.15, -0.1) is 0 Å². The van der Waals surface area contributed by atoms with Crippen molar-refractivity contribution < 1.29 is 14.6 Å². The molecule has 1 saturated heterocycles. The van der Waals surface area contributed by atoms with Crippen LogP contribution in [0.15, 0.2) is 67.0 Å². The van der Waals surface area contributed by atoms with Gasteiger partial charge in [-0.05, 0) is 50.1 Å². The topological polar surface area (TPSA) is 113 Å². The summed E-state index contributed by atoms with van der Waals surface area (Å²) in [5.74, 6) is 0.827. The summed E-state index contributed by atoms with van der Waals surface area (Å²) in [7, 11) is 3.62. The fraction of sp³-hybridized carbons (Fsp3) is 0.324. The first-order valence-electron chi connectivity index (χ1n) is 16.0. The number of nitrogens with zero attached hydrogens (tertiary/aromatic N) is 3. The van der Waals surface area contributed by atoms with Crippen molar-refractivity contribution in [2.75, 3.05) is 20.2 Å². The number of methoxy groups -OCH3 is 1. The molecule has 250 valence electrons. The third kappa shape index (κ3) is 7.36. The summed E-state index contributed by atoms with van der Waals surface area (Å²) in [6.45, 7) is 5.96. The molecule has 0 saturated carbocycles. The molecule has 11 heteroatoms. The van der Waals surface area contributed by atoms with Gasteiger partial charge in [0.15, 0.2) is 0 Å². The molecule has 5 aromatic rings. The van der Waals surface area contributed by atoms with Crippen molar-refractivity contribution in [3.05, 3.63) is 88.2 Å². The third-order valence-corrected chi connectivity index (χ3v) is 9.37. The van der Waals surface area contributed by atoms with E-state index >= 15 is 0 Å². The van der Waals surface area contributed by atoms with E-state index in [1.54, 1.807) is 27.2 Å². The van der Waals surface area contributed by atoms with Gasteiger partial charge >= 0.3 is 0 Å². The molecule has 1 fully saturated rings. The predicted molar refractivity (Wildman–Crippen MR) is 192 cm³/mol. The number of amides is 1. The molecule has 2 aromatic carbocycles. The van der Waals surface area contributed by atoms with Crippen LogP contribution < -0.4 is 20.7 Å². The van der Waals surface area contributed by atoms with Gasteiger partial charge in [0, 0.05) is 91.3 Å². The van der Waals surface area contributed by atoms with Crippen LogP contribution in [0.2, 0.25) is 10.0 Å². The number of ether oxygens (including phenoxy) is 1. The summed E-state index contributed by atoms with van der Waals surface area (Å²) < 4.78 is 7.74. The van der Waals surface area contributed by atoms with Crippen molar-refractivity contribution in [3.8, 4) is 39.4 Å². The minimum Gasteiger partial charge on any atom is -0.496 e. The quantitative estimate of drug-likeness (QED) is 0.118. The number of aromatic nitrogens is 3. The molecule has 1 unspecified atom stereocenters. The Morgan fingerprint density at radius 1 is 1.02 bits per heavy atom. The maximum Gasteiger partial charge on any atom is 0.220 e. The van der Waals surface area contributed by atoms with Crippen molar-refractivity contribution in [1.29, 1.82) is 0 Å². The molecule has 1 amide bonds. The van der Waals surface area contributed by atoms with Gasteiger partial charge in [0.05, 0.1) is 34.1 Å². The van der Waals surface area contributed by atoms with Crippen LogP contribution in [0.25, 0.3) is 44.7 Å². The predicted octanol–water partition coefficient (Wildman–Crippen LogP) is 6.51. The Balaban J connectivity index is 1.25. The lowest BCUT2D eigenvalue weighted by Gasteiger charge is -2.17. The maximum absolute atomic E-state index is 11.5. The zero-order chi connectivity index (χ0) is 34.0. The van der Waals surface area contributed by atoms with Gasteiger partial charge in [-0.25, -0.2) is 4.98 Å². The molecule has 4 heterocycles. The van der Waals surface area contributed by atoms with Crippen LogP contribution in [0.3, 0.4) is 0 Å². The molecule has 0 radical (unpaired) electrons. The van der Waals surface area contributed by atoms with Crippen LogP contribution in [0.5, 0.6) is 5.75 Å². The molecule has 4 N–H and O–H groups in total. The van der Waals surface area contributed by atoms with Crippen molar-refractivity contribution in [2.45, 2.75) is 51.4 Å². The van der Waals surface area contributed by atoms with Crippen LogP contribution in [0.4, 0.5) is 0 Å². The highest BCUT2D eigenvalue weighted by Crippen LogP contribution is 2.42. The molecule has 0 bridgehead atoms. The largest absolute Gasteiger partial charge is 0.496 e. The second-order valence-corrected chi connectivity index (χ2v) is 13.7. The molecule has 1 aliphatic heterocycles. The van der Waals surface area contributed by atoms with E-state index in [9.17, 15) is 9.90 Å². The van der Waals surface area contributed by atoms with E-state index in [2.05, 4.69) is 33.2 Å². The van der Waals surface area contributed by atoms with E-state index in [0.29, 0.717) is 48.3 Å². The van der Waals surface area contributed by atoms with Gasteiger partial charge < -0.3 is 30.4 Å². The number of halogens is 2. The number of nitrogens with one attached hydrogen (secondary N) is 3. The normalized spacial score (nSPS) is 14.9. The van der Waals surface area contributed by atoms with E-state index in [4.69, 9.17) is 32.9 Å². The van der Waals surface area contributed by atoms with Crippen LogP contribution in [0, 0.1) is 0 Å². The van der Waals surface area contributed by atoms with Gasteiger partial charge in [0.1, 0.15) is 11.4 Å². The molecule has 6 rings (SSSR count). The first kappa shape index (κ1) is 33.9. The number of aryl methyl sites for hydroxylation is 1. The average molecular weight is 688 g/mol. The zero-order valence-electron chi connectivity index (χ0n) is 27.5. The van der Waals surface area contributed by atoms with E-state index in [-0.39, 0.29) is 11.9 Å². The summed E-state index contributed by atoms with van der Waals surface area (Å²) in [5.41, 5.74) is 6.68. The average Bonchev–Trinajstić information content (AvgIpc) is 3.62. The monoisotopic (exact) mass is 686 g/mol. The number of hydrogen-bond acceptors (Lipinski definition) is 7. The number of fused-ring (bicyclic) bond motifs is 1. The van der Waals surface area contributed by atoms with E-state index in [1.165, 1.54) is 0 Å². The van der Waals surface area contributed by atoms with Crippen LogP contribution in [-0.2, 0) is 24.9 Å². The van der Waals surface area contributed by atoms with Gasteiger partial charge in [-0.1, -0.05) is 53.5 Å². The van der Waals surface area contributed by atoms with Crippen molar-refractivity contribution in [2.24, 2.45) is 7.05 Å². The van der Waals surface area contributed by atoms with E-state index < -0.39 is 5.60 Å². The van der Waals surface area contributed by atoms with Crippen LogP contribution >= 0.6 is 23.2 Å². The lowest BCUT2D eigenvalue weighted by atomic mass is 9.99. The number of carbonyl (C=O) groups is 1. The smallest absolute Gasteiger partial charge is 0.220 e. The molecule has 48 heavy (non-hydrogen) atoms.